The number of rotatable bonds is 6. The van der Waals surface area contributed by atoms with Gasteiger partial charge < -0.3 is 10.2 Å². The van der Waals surface area contributed by atoms with Crippen molar-refractivity contribution in [3.8, 4) is 0 Å². The van der Waals surface area contributed by atoms with Crippen molar-refractivity contribution in [2.24, 2.45) is 5.92 Å². The highest BCUT2D eigenvalue weighted by molar-refractivity contribution is 5.78. The number of benzene rings is 1. The highest BCUT2D eigenvalue weighted by Crippen LogP contribution is 2.14. The molecule has 2 rings (SSSR count). The number of pyridine rings is 1. The maximum atomic E-state index is 4.36. The molecule has 0 aliphatic rings. The maximum absolute atomic E-state index is 4.36. The lowest BCUT2D eigenvalue weighted by Gasteiger charge is -2.25. The average molecular weight is 271 g/mol. The van der Waals surface area contributed by atoms with Crippen LogP contribution in [0.25, 0.3) is 10.9 Å². The van der Waals surface area contributed by atoms with Gasteiger partial charge in [-0.1, -0.05) is 26.0 Å². The van der Waals surface area contributed by atoms with E-state index >= 15 is 0 Å². The minimum atomic E-state index is 0.509. The van der Waals surface area contributed by atoms with Crippen LogP contribution in [-0.4, -0.2) is 36.6 Å². The lowest BCUT2D eigenvalue weighted by molar-refractivity contribution is 0.288. The van der Waals surface area contributed by atoms with Gasteiger partial charge in [0.2, 0.25) is 0 Å². The van der Waals surface area contributed by atoms with Crippen LogP contribution >= 0.6 is 0 Å². The van der Waals surface area contributed by atoms with Crippen molar-refractivity contribution in [1.82, 2.24) is 15.2 Å². The average Bonchev–Trinajstić information content (AvgIpc) is 2.42. The van der Waals surface area contributed by atoms with Crippen molar-refractivity contribution in [2.75, 3.05) is 20.6 Å². The largest absolute Gasteiger partial charge is 0.308 e. The molecule has 108 valence electrons. The van der Waals surface area contributed by atoms with E-state index in [1.807, 2.05) is 12.3 Å². The molecular weight excluding hydrogens is 246 g/mol. The third-order valence-electron chi connectivity index (χ3n) is 3.60. The van der Waals surface area contributed by atoms with Gasteiger partial charge >= 0.3 is 0 Å². The zero-order valence-corrected chi connectivity index (χ0v) is 12.9. The third-order valence-corrected chi connectivity index (χ3v) is 3.60. The van der Waals surface area contributed by atoms with Gasteiger partial charge in [0.1, 0.15) is 0 Å². The van der Waals surface area contributed by atoms with E-state index in [0.717, 1.165) is 18.6 Å². The molecule has 1 heterocycles. The van der Waals surface area contributed by atoms with Gasteiger partial charge in [-0.3, -0.25) is 4.98 Å². The molecule has 1 aromatic carbocycles. The second-order valence-corrected chi connectivity index (χ2v) is 6.02. The van der Waals surface area contributed by atoms with E-state index in [2.05, 4.69) is 67.4 Å². The third kappa shape index (κ3) is 4.02. The van der Waals surface area contributed by atoms with Gasteiger partial charge in [-0.05, 0) is 43.8 Å². The molecule has 1 atom stereocenters. The van der Waals surface area contributed by atoms with Gasteiger partial charge in [0.15, 0.2) is 0 Å². The second-order valence-electron chi connectivity index (χ2n) is 6.02. The summed E-state index contributed by atoms with van der Waals surface area (Å²) in [4.78, 5) is 6.60. The highest BCUT2D eigenvalue weighted by atomic mass is 15.1. The summed E-state index contributed by atoms with van der Waals surface area (Å²) in [5, 5.41) is 4.88. The number of fused-ring (bicyclic) bond motifs is 1. The molecule has 20 heavy (non-hydrogen) atoms. The number of hydrogen-bond donors (Lipinski definition) is 1. The van der Waals surface area contributed by atoms with E-state index < -0.39 is 0 Å². The number of aromatic nitrogens is 1. The molecule has 3 heteroatoms. The van der Waals surface area contributed by atoms with Crippen LogP contribution in [0.4, 0.5) is 0 Å². The molecule has 0 spiro atoms. The first-order valence-electron chi connectivity index (χ1n) is 7.28. The minimum absolute atomic E-state index is 0.509. The summed E-state index contributed by atoms with van der Waals surface area (Å²) in [6.07, 6.45) is 1.84. The SMILES string of the molecule is CC(C)C(CN(C)C)NCc1ccc2ncccc2c1. The maximum Gasteiger partial charge on any atom is 0.0702 e. The predicted molar refractivity (Wildman–Crippen MR) is 85.8 cm³/mol. The van der Waals surface area contributed by atoms with Crippen molar-refractivity contribution < 1.29 is 0 Å². The van der Waals surface area contributed by atoms with Crippen molar-refractivity contribution in [3.63, 3.8) is 0 Å². The van der Waals surface area contributed by atoms with E-state index in [-0.39, 0.29) is 0 Å². The molecule has 0 fully saturated rings. The number of nitrogens with zero attached hydrogens (tertiary/aromatic N) is 2. The molecule has 0 saturated carbocycles. The van der Waals surface area contributed by atoms with Gasteiger partial charge in [0, 0.05) is 30.7 Å². The van der Waals surface area contributed by atoms with Crippen LogP contribution < -0.4 is 5.32 Å². The summed E-state index contributed by atoms with van der Waals surface area (Å²) in [7, 11) is 4.25. The van der Waals surface area contributed by atoms with E-state index in [0.29, 0.717) is 12.0 Å². The second kappa shape index (κ2) is 6.82. The van der Waals surface area contributed by atoms with Crippen LogP contribution in [0.15, 0.2) is 36.5 Å². The van der Waals surface area contributed by atoms with Crippen LogP contribution in [0.2, 0.25) is 0 Å². The zero-order valence-electron chi connectivity index (χ0n) is 12.9. The first kappa shape index (κ1) is 14.9. The Labute approximate surface area is 122 Å². The fraction of sp³-hybridized carbons (Fsp3) is 0.471. The van der Waals surface area contributed by atoms with Gasteiger partial charge in [-0.25, -0.2) is 0 Å². The van der Waals surface area contributed by atoms with Gasteiger partial charge in [-0.2, -0.15) is 0 Å². The molecule has 0 aliphatic carbocycles. The molecule has 1 aromatic heterocycles. The van der Waals surface area contributed by atoms with E-state index in [1.54, 1.807) is 0 Å². The lowest BCUT2D eigenvalue weighted by atomic mass is 10.0. The van der Waals surface area contributed by atoms with Crippen molar-refractivity contribution in [3.05, 3.63) is 42.1 Å². The van der Waals surface area contributed by atoms with Crippen molar-refractivity contribution >= 4 is 10.9 Å². The Bertz CT molecular complexity index is 549. The molecule has 1 N–H and O–H groups in total. The normalized spacial score (nSPS) is 13.3. The first-order valence-corrected chi connectivity index (χ1v) is 7.28. The van der Waals surface area contributed by atoms with Crippen molar-refractivity contribution in [1.29, 1.82) is 0 Å². The number of hydrogen-bond acceptors (Lipinski definition) is 3. The summed E-state index contributed by atoms with van der Waals surface area (Å²) < 4.78 is 0. The number of nitrogens with one attached hydrogen (secondary N) is 1. The quantitative estimate of drug-likeness (QED) is 0.875. The fourth-order valence-corrected chi connectivity index (χ4v) is 2.39. The molecule has 0 aliphatic heterocycles. The summed E-state index contributed by atoms with van der Waals surface area (Å²) >= 11 is 0. The molecule has 0 bridgehead atoms. The highest BCUT2D eigenvalue weighted by Gasteiger charge is 2.13. The first-order chi connectivity index (χ1) is 9.56. The van der Waals surface area contributed by atoms with E-state index in [1.165, 1.54) is 10.9 Å². The Balaban J connectivity index is 2.03. The van der Waals surface area contributed by atoms with Crippen LogP contribution in [0.5, 0.6) is 0 Å². The van der Waals surface area contributed by atoms with Crippen LogP contribution in [-0.2, 0) is 6.54 Å². The van der Waals surface area contributed by atoms with Crippen molar-refractivity contribution in [2.45, 2.75) is 26.4 Å². The van der Waals surface area contributed by atoms with E-state index in [4.69, 9.17) is 0 Å². The standard InChI is InChI=1S/C17H25N3/c1-13(2)17(12-20(3)4)19-11-14-7-8-16-15(10-14)6-5-9-18-16/h5-10,13,17,19H,11-12H2,1-4H3. The summed E-state index contributed by atoms with van der Waals surface area (Å²) in [5.74, 6) is 0.625. The molecule has 0 radical (unpaired) electrons. The lowest BCUT2D eigenvalue weighted by Crippen LogP contribution is -2.41. The molecule has 3 nitrogen and oxygen atoms in total. The Hall–Kier alpha value is -1.45. The van der Waals surface area contributed by atoms with Gasteiger partial charge in [-0.15, -0.1) is 0 Å². The van der Waals surface area contributed by atoms with Gasteiger partial charge in [0.05, 0.1) is 5.52 Å². The molecule has 2 aromatic rings. The Morgan fingerprint density at radius 2 is 2.00 bits per heavy atom. The topological polar surface area (TPSA) is 28.2 Å². The smallest absolute Gasteiger partial charge is 0.0702 e. The van der Waals surface area contributed by atoms with Crippen LogP contribution in [0, 0.1) is 5.92 Å². The zero-order chi connectivity index (χ0) is 14.5. The van der Waals surface area contributed by atoms with Crippen LogP contribution in [0.3, 0.4) is 0 Å². The minimum Gasteiger partial charge on any atom is -0.308 e. The monoisotopic (exact) mass is 271 g/mol. The molecule has 0 amide bonds. The summed E-state index contributed by atoms with van der Waals surface area (Å²) in [6.45, 7) is 6.51. The Morgan fingerprint density at radius 1 is 1.20 bits per heavy atom. The number of likely N-dealkylation sites (N-methyl/N-ethyl adjacent to an activating group) is 1. The summed E-state index contributed by atoms with van der Waals surface area (Å²) in [5.41, 5.74) is 2.37. The molecule has 0 saturated heterocycles. The Kier molecular flexibility index (Phi) is 5.10. The van der Waals surface area contributed by atoms with E-state index in [9.17, 15) is 0 Å². The Morgan fingerprint density at radius 3 is 2.70 bits per heavy atom. The van der Waals surface area contributed by atoms with Gasteiger partial charge in [0.25, 0.3) is 0 Å². The van der Waals surface area contributed by atoms with Crippen LogP contribution in [0.1, 0.15) is 19.4 Å². The molecular formula is C17H25N3. The predicted octanol–water partition coefficient (Wildman–Crippen LogP) is 2.91. The summed E-state index contributed by atoms with van der Waals surface area (Å²) in [6, 6.07) is 11.1. The molecule has 1 unspecified atom stereocenters. The fourth-order valence-electron chi connectivity index (χ4n) is 2.39.